The van der Waals surface area contributed by atoms with Gasteiger partial charge in [0.1, 0.15) is 6.61 Å². The van der Waals surface area contributed by atoms with Crippen molar-refractivity contribution in [1.82, 2.24) is 0 Å². The third kappa shape index (κ3) is 3.34. The smallest absolute Gasteiger partial charge is 0.142 e. The number of hydrogen-bond donors (Lipinski definition) is 0. The summed E-state index contributed by atoms with van der Waals surface area (Å²) in [5.74, 6) is 0. The quantitative estimate of drug-likeness (QED) is 0.593. The number of hydrogen-bond acceptors (Lipinski definition) is 2. The Morgan fingerprint density at radius 1 is 1.06 bits per heavy atom. The zero-order valence-electron chi connectivity index (χ0n) is 10.1. The van der Waals surface area contributed by atoms with Crippen LogP contribution in [0.2, 0.25) is 5.02 Å². The second-order valence-electron chi connectivity index (χ2n) is 3.92. The number of halogens is 1. The molecule has 2 aromatic carbocycles. The van der Waals surface area contributed by atoms with Gasteiger partial charge in [-0.3, -0.25) is 0 Å². The average Bonchev–Trinajstić information content (AvgIpc) is 2.40. The van der Waals surface area contributed by atoms with Crippen LogP contribution in [0.15, 0.2) is 59.8 Å². The fourth-order valence-electron chi connectivity index (χ4n) is 1.58. The molecule has 0 heterocycles. The molecule has 0 aliphatic heterocycles. The van der Waals surface area contributed by atoms with Gasteiger partial charge < -0.3 is 4.84 Å². The van der Waals surface area contributed by atoms with Crippen LogP contribution < -0.4 is 0 Å². The molecule has 0 unspecified atom stereocenters. The Balaban J connectivity index is 2.00. The molecular weight excluding hydrogens is 246 g/mol. The van der Waals surface area contributed by atoms with Crippen molar-refractivity contribution in [2.45, 2.75) is 13.5 Å². The minimum Gasteiger partial charge on any atom is -0.391 e. The molecule has 0 spiro atoms. The van der Waals surface area contributed by atoms with Gasteiger partial charge >= 0.3 is 0 Å². The van der Waals surface area contributed by atoms with E-state index >= 15 is 0 Å². The van der Waals surface area contributed by atoms with Crippen molar-refractivity contribution in [3.63, 3.8) is 0 Å². The van der Waals surface area contributed by atoms with Crippen LogP contribution in [0.5, 0.6) is 0 Å². The molecule has 18 heavy (non-hydrogen) atoms. The molecule has 92 valence electrons. The lowest BCUT2D eigenvalue weighted by atomic mass is 10.1. The van der Waals surface area contributed by atoms with Gasteiger partial charge in [0.25, 0.3) is 0 Å². The van der Waals surface area contributed by atoms with Gasteiger partial charge in [-0.25, -0.2) is 0 Å². The maximum atomic E-state index is 6.08. The number of rotatable bonds is 4. The Hall–Kier alpha value is -1.80. The first kappa shape index (κ1) is 12.7. The highest BCUT2D eigenvalue weighted by Crippen LogP contribution is 2.16. The lowest BCUT2D eigenvalue weighted by Crippen LogP contribution is -1.97. The van der Waals surface area contributed by atoms with Crippen molar-refractivity contribution in [1.29, 1.82) is 0 Å². The van der Waals surface area contributed by atoms with Gasteiger partial charge in [-0.05, 0) is 18.6 Å². The van der Waals surface area contributed by atoms with Crippen molar-refractivity contribution >= 4 is 17.3 Å². The third-order valence-electron chi connectivity index (χ3n) is 2.54. The summed E-state index contributed by atoms with van der Waals surface area (Å²) >= 11 is 6.08. The van der Waals surface area contributed by atoms with Gasteiger partial charge in [-0.1, -0.05) is 65.3 Å². The number of oxime groups is 1. The van der Waals surface area contributed by atoms with E-state index in [9.17, 15) is 0 Å². The molecule has 0 aromatic heterocycles. The van der Waals surface area contributed by atoms with Crippen LogP contribution in [0.25, 0.3) is 0 Å². The molecule has 0 N–H and O–H groups in total. The molecule has 0 aliphatic carbocycles. The minimum absolute atomic E-state index is 0.461. The predicted octanol–water partition coefficient (Wildman–Crippen LogP) is 4.28. The van der Waals surface area contributed by atoms with Crippen molar-refractivity contribution in [2.24, 2.45) is 5.16 Å². The van der Waals surface area contributed by atoms with Crippen LogP contribution in [0, 0.1) is 0 Å². The SMILES string of the molecule is C/C(=N\OCc1ccccc1)c1ccccc1Cl. The average molecular weight is 260 g/mol. The Morgan fingerprint density at radius 2 is 1.72 bits per heavy atom. The minimum atomic E-state index is 0.461. The van der Waals surface area contributed by atoms with Crippen molar-refractivity contribution < 1.29 is 4.84 Å². The van der Waals surface area contributed by atoms with Crippen molar-refractivity contribution in [2.75, 3.05) is 0 Å². The lowest BCUT2D eigenvalue weighted by molar-refractivity contribution is 0.130. The van der Waals surface area contributed by atoms with E-state index < -0.39 is 0 Å². The van der Waals surface area contributed by atoms with E-state index in [0.29, 0.717) is 11.6 Å². The van der Waals surface area contributed by atoms with Crippen molar-refractivity contribution in [3.05, 3.63) is 70.7 Å². The molecule has 0 fully saturated rings. The van der Waals surface area contributed by atoms with Gasteiger partial charge in [-0.2, -0.15) is 0 Å². The Labute approximate surface area is 112 Å². The highest BCUT2D eigenvalue weighted by atomic mass is 35.5. The summed E-state index contributed by atoms with van der Waals surface area (Å²) in [6.07, 6.45) is 0. The summed E-state index contributed by atoms with van der Waals surface area (Å²) in [4.78, 5) is 5.32. The molecule has 0 saturated heterocycles. The number of nitrogens with zero attached hydrogens (tertiary/aromatic N) is 1. The molecule has 0 atom stereocenters. The molecule has 2 aromatic rings. The summed E-state index contributed by atoms with van der Waals surface area (Å²) < 4.78 is 0. The molecule has 0 bridgehead atoms. The van der Waals surface area contributed by atoms with Crippen LogP contribution in [0.4, 0.5) is 0 Å². The molecule has 0 amide bonds. The monoisotopic (exact) mass is 259 g/mol. The number of benzene rings is 2. The van der Waals surface area contributed by atoms with Crippen molar-refractivity contribution in [3.8, 4) is 0 Å². The normalized spacial score (nSPS) is 11.3. The van der Waals surface area contributed by atoms with Gasteiger partial charge in [0.2, 0.25) is 0 Å². The topological polar surface area (TPSA) is 21.6 Å². The highest BCUT2D eigenvalue weighted by molar-refractivity contribution is 6.34. The molecule has 0 aliphatic rings. The van der Waals surface area contributed by atoms with E-state index in [-0.39, 0.29) is 0 Å². The van der Waals surface area contributed by atoms with Crippen LogP contribution in [0.1, 0.15) is 18.1 Å². The molecule has 2 nitrogen and oxygen atoms in total. The first-order valence-electron chi connectivity index (χ1n) is 5.73. The van der Waals surface area contributed by atoms with E-state index in [4.69, 9.17) is 16.4 Å². The van der Waals surface area contributed by atoms with Crippen LogP contribution in [-0.2, 0) is 11.4 Å². The molecule has 0 saturated carbocycles. The third-order valence-corrected chi connectivity index (χ3v) is 2.87. The van der Waals surface area contributed by atoms with E-state index in [1.54, 1.807) is 0 Å². The summed E-state index contributed by atoms with van der Waals surface area (Å²) in [6, 6.07) is 17.5. The second-order valence-corrected chi connectivity index (χ2v) is 4.32. The molecule has 0 radical (unpaired) electrons. The van der Waals surface area contributed by atoms with Crippen LogP contribution >= 0.6 is 11.6 Å². The van der Waals surface area contributed by atoms with Gasteiger partial charge in [-0.15, -0.1) is 0 Å². The van der Waals surface area contributed by atoms with Gasteiger partial charge in [0.15, 0.2) is 0 Å². The molecular formula is C15H14ClNO. The molecule has 3 heteroatoms. The summed E-state index contributed by atoms with van der Waals surface area (Å²) in [6.45, 7) is 2.34. The summed E-state index contributed by atoms with van der Waals surface area (Å²) in [7, 11) is 0. The zero-order chi connectivity index (χ0) is 12.8. The maximum absolute atomic E-state index is 6.08. The Bertz CT molecular complexity index is 537. The maximum Gasteiger partial charge on any atom is 0.142 e. The second kappa shape index (κ2) is 6.22. The fraction of sp³-hybridized carbons (Fsp3) is 0.133. The zero-order valence-corrected chi connectivity index (χ0v) is 10.9. The predicted molar refractivity (Wildman–Crippen MR) is 74.9 cm³/mol. The Morgan fingerprint density at radius 3 is 2.44 bits per heavy atom. The highest BCUT2D eigenvalue weighted by Gasteiger charge is 2.02. The van der Waals surface area contributed by atoms with E-state index in [1.807, 2.05) is 61.5 Å². The summed E-state index contributed by atoms with van der Waals surface area (Å²) in [5, 5.41) is 4.77. The fourth-order valence-corrected chi connectivity index (χ4v) is 1.85. The summed E-state index contributed by atoms with van der Waals surface area (Å²) in [5.41, 5.74) is 2.76. The van der Waals surface area contributed by atoms with E-state index in [0.717, 1.165) is 16.8 Å². The van der Waals surface area contributed by atoms with Crippen LogP contribution in [-0.4, -0.2) is 5.71 Å². The Kier molecular flexibility index (Phi) is 4.37. The molecule has 2 rings (SSSR count). The van der Waals surface area contributed by atoms with Gasteiger partial charge in [0.05, 0.1) is 5.71 Å². The first-order chi connectivity index (χ1) is 8.77. The van der Waals surface area contributed by atoms with E-state index in [1.165, 1.54) is 0 Å². The van der Waals surface area contributed by atoms with Crippen LogP contribution in [0.3, 0.4) is 0 Å². The first-order valence-corrected chi connectivity index (χ1v) is 6.10. The largest absolute Gasteiger partial charge is 0.391 e. The standard InChI is InChI=1S/C15H14ClNO/c1-12(14-9-5-6-10-15(14)16)17-18-11-13-7-3-2-4-8-13/h2-10H,11H2,1H3/b17-12+. The van der Waals surface area contributed by atoms with Gasteiger partial charge in [0, 0.05) is 10.6 Å². The van der Waals surface area contributed by atoms with E-state index in [2.05, 4.69) is 5.16 Å². The lowest BCUT2D eigenvalue weighted by Gasteiger charge is -2.04.